The molecular weight excluding hydrogens is 430 g/mol. The first kappa shape index (κ1) is 22.8. The Morgan fingerprint density at radius 3 is 2.26 bits per heavy atom. The van der Waals surface area contributed by atoms with Crippen LogP contribution in [0.5, 0.6) is 5.75 Å². The molecule has 3 aromatic carbocycles. The van der Waals surface area contributed by atoms with Gasteiger partial charge in [0, 0.05) is 17.7 Å². The van der Waals surface area contributed by atoms with E-state index in [0.29, 0.717) is 29.1 Å². The highest BCUT2D eigenvalue weighted by Gasteiger charge is 2.33. The topological polar surface area (TPSA) is 96.5 Å². The van der Waals surface area contributed by atoms with Crippen LogP contribution in [-0.4, -0.2) is 24.3 Å². The van der Waals surface area contributed by atoms with Crippen molar-refractivity contribution in [2.24, 2.45) is 0 Å². The Morgan fingerprint density at radius 2 is 1.56 bits per heavy atom. The van der Waals surface area contributed by atoms with Crippen LogP contribution in [0.4, 0.5) is 4.79 Å². The number of ketones is 1. The standard InChI is InChI=1S/C27H25N3O4/c1-18(31)24-25(20-12-6-3-7-13-20)29-27(33)30-26(24)21-14-8-9-15-22(21)34-17-23(32)28-16-19-10-4-2-5-11-19/h2-15,26H,16-17H2,1H3,(H,28,32)(H2,29,30,33)/t26-/m1/s1. The minimum Gasteiger partial charge on any atom is -0.483 e. The molecule has 0 saturated carbocycles. The molecule has 0 bridgehead atoms. The SMILES string of the molecule is CC(=O)C1=C(c2ccccc2)NC(=O)N[C@@H]1c1ccccc1OCC(=O)NCc1ccccc1. The molecule has 34 heavy (non-hydrogen) atoms. The molecule has 0 unspecified atom stereocenters. The van der Waals surface area contributed by atoms with Gasteiger partial charge in [0.25, 0.3) is 5.91 Å². The average molecular weight is 456 g/mol. The van der Waals surface area contributed by atoms with Gasteiger partial charge in [-0.3, -0.25) is 9.59 Å². The van der Waals surface area contributed by atoms with E-state index in [1.54, 1.807) is 24.3 Å². The minimum absolute atomic E-state index is 0.188. The first-order valence-electron chi connectivity index (χ1n) is 10.9. The lowest BCUT2D eigenvalue weighted by atomic mass is 9.90. The number of hydrogen-bond acceptors (Lipinski definition) is 4. The highest BCUT2D eigenvalue weighted by Crippen LogP contribution is 2.35. The van der Waals surface area contributed by atoms with Crippen molar-refractivity contribution < 1.29 is 19.1 Å². The lowest BCUT2D eigenvalue weighted by Crippen LogP contribution is -2.45. The summed E-state index contributed by atoms with van der Waals surface area (Å²) < 4.78 is 5.83. The summed E-state index contributed by atoms with van der Waals surface area (Å²) in [5, 5.41) is 8.42. The number of Topliss-reactive ketones (excluding diaryl/α,β-unsaturated/α-hetero) is 1. The number of para-hydroxylation sites is 1. The molecule has 3 amide bonds. The molecule has 172 valence electrons. The quantitative estimate of drug-likeness (QED) is 0.482. The molecule has 1 heterocycles. The van der Waals surface area contributed by atoms with Crippen LogP contribution in [0.25, 0.3) is 5.70 Å². The zero-order valence-electron chi connectivity index (χ0n) is 18.7. The lowest BCUT2D eigenvalue weighted by molar-refractivity contribution is -0.123. The number of benzene rings is 3. The largest absolute Gasteiger partial charge is 0.483 e. The van der Waals surface area contributed by atoms with Crippen LogP contribution in [0.3, 0.4) is 0 Å². The van der Waals surface area contributed by atoms with Crippen molar-refractivity contribution in [2.45, 2.75) is 19.5 Å². The number of rotatable bonds is 8. The van der Waals surface area contributed by atoms with Gasteiger partial charge in [-0.05, 0) is 24.1 Å². The highest BCUT2D eigenvalue weighted by molar-refractivity contribution is 6.07. The summed E-state index contributed by atoms with van der Waals surface area (Å²) in [4.78, 5) is 37.6. The highest BCUT2D eigenvalue weighted by atomic mass is 16.5. The number of carbonyl (C=O) groups excluding carboxylic acids is 3. The summed E-state index contributed by atoms with van der Waals surface area (Å²) in [7, 11) is 0. The van der Waals surface area contributed by atoms with E-state index < -0.39 is 12.1 Å². The number of amides is 3. The van der Waals surface area contributed by atoms with Crippen LogP contribution in [0, 0.1) is 0 Å². The first-order chi connectivity index (χ1) is 16.5. The predicted molar refractivity (Wildman–Crippen MR) is 129 cm³/mol. The van der Waals surface area contributed by atoms with Crippen molar-refractivity contribution in [1.29, 1.82) is 0 Å². The van der Waals surface area contributed by atoms with Gasteiger partial charge in [-0.2, -0.15) is 0 Å². The molecule has 0 fully saturated rings. The molecule has 0 radical (unpaired) electrons. The molecule has 0 aromatic heterocycles. The summed E-state index contributed by atoms with van der Waals surface area (Å²) >= 11 is 0. The molecule has 0 saturated heterocycles. The molecular formula is C27H25N3O4. The normalized spacial score (nSPS) is 15.2. The monoisotopic (exact) mass is 455 g/mol. The molecule has 1 aliphatic rings. The van der Waals surface area contributed by atoms with Gasteiger partial charge in [0.2, 0.25) is 0 Å². The summed E-state index contributed by atoms with van der Waals surface area (Å²) in [6, 6.07) is 24.7. The van der Waals surface area contributed by atoms with Crippen LogP contribution < -0.4 is 20.7 Å². The third-order valence-electron chi connectivity index (χ3n) is 5.44. The maximum atomic E-state index is 12.7. The number of ether oxygens (including phenoxy) is 1. The van der Waals surface area contributed by atoms with Crippen LogP contribution >= 0.6 is 0 Å². The number of carbonyl (C=O) groups is 3. The Morgan fingerprint density at radius 1 is 0.912 bits per heavy atom. The van der Waals surface area contributed by atoms with Crippen molar-refractivity contribution >= 4 is 23.4 Å². The molecule has 1 atom stereocenters. The lowest BCUT2D eigenvalue weighted by Gasteiger charge is -2.30. The van der Waals surface area contributed by atoms with Gasteiger partial charge in [-0.1, -0.05) is 78.9 Å². The van der Waals surface area contributed by atoms with Gasteiger partial charge >= 0.3 is 6.03 Å². The van der Waals surface area contributed by atoms with Crippen LogP contribution in [-0.2, 0) is 16.1 Å². The van der Waals surface area contributed by atoms with E-state index in [1.807, 2.05) is 60.7 Å². The van der Waals surface area contributed by atoms with Gasteiger partial charge in [0.15, 0.2) is 12.4 Å². The number of urea groups is 1. The average Bonchev–Trinajstić information content (AvgIpc) is 2.87. The second kappa shape index (κ2) is 10.5. The fraction of sp³-hybridized carbons (Fsp3) is 0.148. The van der Waals surface area contributed by atoms with E-state index >= 15 is 0 Å². The molecule has 4 rings (SSSR count). The van der Waals surface area contributed by atoms with Crippen LogP contribution in [0.15, 0.2) is 90.5 Å². The van der Waals surface area contributed by atoms with Gasteiger partial charge in [-0.25, -0.2) is 4.79 Å². The fourth-order valence-corrected chi connectivity index (χ4v) is 3.85. The van der Waals surface area contributed by atoms with Crippen molar-refractivity contribution in [3.8, 4) is 5.75 Å². The second-order valence-corrected chi connectivity index (χ2v) is 7.83. The maximum Gasteiger partial charge on any atom is 0.320 e. The Kier molecular flexibility index (Phi) is 7.03. The zero-order chi connectivity index (χ0) is 23.9. The van der Waals surface area contributed by atoms with Crippen molar-refractivity contribution in [1.82, 2.24) is 16.0 Å². The Balaban J connectivity index is 1.57. The van der Waals surface area contributed by atoms with Crippen molar-refractivity contribution in [3.63, 3.8) is 0 Å². The first-order valence-corrected chi connectivity index (χ1v) is 10.9. The molecule has 1 aliphatic heterocycles. The fourth-order valence-electron chi connectivity index (χ4n) is 3.85. The molecule has 0 spiro atoms. The van der Waals surface area contributed by atoms with Crippen LogP contribution in [0.1, 0.15) is 29.7 Å². The van der Waals surface area contributed by atoms with Gasteiger partial charge in [-0.15, -0.1) is 0 Å². The summed E-state index contributed by atoms with van der Waals surface area (Å²) in [5.74, 6) is -0.0530. The smallest absolute Gasteiger partial charge is 0.320 e. The number of nitrogens with one attached hydrogen (secondary N) is 3. The third-order valence-corrected chi connectivity index (χ3v) is 5.44. The van der Waals surface area contributed by atoms with Gasteiger partial charge in [0.1, 0.15) is 5.75 Å². The van der Waals surface area contributed by atoms with Crippen LogP contribution in [0.2, 0.25) is 0 Å². The van der Waals surface area contributed by atoms with E-state index in [2.05, 4.69) is 16.0 Å². The Hall–Kier alpha value is -4.39. The molecule has 3 N–H and O–H groups in total. The molecule has 7 heteroatoms. The second-order valence-electron chi connectivity index (χ2n) is 7.83. The predicted octanol–water partition coefficient (Wildman–Crippen LogP) is 3.74. The Bertz CT molecular complexity index is 1220. The van der Waals surface area contributed by atoms with Gasteiger partial charge < -0.3 is 20.7 Å². The van der Waals surface area contributed by atoms with E-state index in [4.69, 9.17) is 4.74 Å². The zero-order valence-corrected chi connectivity index (χ0v) is 18.7. The van der Waals surface area contributed by atoms with E-state index in [0.717, 1.165) is 11.1 Å². The molecule has 7 nitrogen and oxygen atoms in total. The summed E-state index contributed by atoms with van der Waals surface area (Å²) in [6.07, 6.45) is 0. The van der Waals surface area contributed by atoms with Crippen molar-refractivity contribution in [3.05, 3.63) is 107 Å². The van der Waals surface area contributed by atoms with E-state index in [-0.39, 0.29) is 18.3 Å². The minimum atomic E-state index is -0.731. The third kappa shape index (κ3) is 5.32. The van der Waals surface area contributed by atoms with E-state index in [9.17, 15) is 14.4 Å². The van der Waals surface area contributed by atoms with Gasteiger partial charge in [0.05, 0.1) is 11.7 Å². The molecule has 0 aliphatic carbocycles. The molecule has 3 aromatic rings. The van der Waals surface area contributed by atoms with E-state index in [1.165, 1.54) is 6.92 Å². The maximum absolute atomic E-state index is 12.7. The summed E-state index contributed by atoms with van der Waals surface area (Å²) in [5.41, 5.74) is 3.17. The number of hydrogen-bond donors (Lipinski definition) is 3. The van der Waals surface area contributed by atoms with Crippen molar-refractivity contribution in [2.75, 3.05) is 6.61 Å². The summed E-state index contributed by atoms with van der Waals surface area (Å²) in [6.45, 7) is 1.66. The Labute approximate surface area is 197 Å².